The van der Waals surface area contributed by atoms with Gasteiger partial charge in [0, 0.05) is 18.9 Å². The molecular formula is C18H16Cl2N2O2. The summed E-state index contributed by atoms with van der Waals surface area (Å²) in [6.45, 7) is 1.50. The Labute approximate surface area is 150 Å². The van der Waals surface area contributed by atoms with Gasteiger partial charge in [0.1, 0.15) is 5.75 Å². The average molecular weight is 363 g/mol. The van der Waals surface area contributed by atoms with E-state index in [4.69, 9.17) is 27.9 Å². The molecule has 124 valence electrons. The van der Waals surface area contributed by atoms with Crippen LogP contribution in [0.15, 0.2) is 47.6 Å². The lowest BCUT2D eigenvalue weighted by Gasteiger charge is -2.20. The third kappa shape index (κ3) is 3.25. The van der Waals surface area contributed by atoms with Crippen LogP contribution in [-0.2, 0) is 4.79 Å². The van der Waals surface area contributed by atoms with Gasteiger partial charge in [-0.15, -0.1) is 0 Å². The van der Waals surface area contributed by atoms with Gasteiger partial charge in [-0.25, -0.2) is 5.01 Å². The van der Waals surface area contributed by atoms with Gasteiger partial charge >= 0.3 is 0 Å². The molecule has 4 nitrogen and oxygen atoms in total. The molecule has 0 fully saturated rings. The lowest BCUT2D eigenvalue weighted by molar-refractivity contribution is -0.130. The van der Waals surface area contributed by atoms with Crippen LogP contribution in [-0.4, -0.2) is 23.7 Å². The molecular weight excluding hydrogens is 347 g/mol. The van der Waals surface area contributed by atoms with Crippen LogP contribution in [0.2, 0.25) is 10.0 Å². The molecule has 0 saturated heterocycles. The number of hydrogen-bond acceptors (Lipinski definition) is 3. The van der Waals surface area contributed by atoms with E-state index in [0.717, 1.165) is 22.6 Å². The Morgan fingerprint density at radius 2 is 2.00 bits per heavy atom. The van der Waals surface area contributed by atoms with E-state index in [1.165, 1.54) is 11.9 Å². The Balaban J connectivity index is 1.95. The van der Waals surface area contributed by atoms with Crippen molar-refractivity contribution in [1.29, 1.82) is 0 Å². The normalized spacial score (nSPS) is 16.9. The highest BCUT2D eigenvalue weighted by Crippen LogP contribution is 2.35. The molecule has 6 heteroatoms. The van der Waals surface area contributed by atoms with E-state index in [1.54, 1.807) is 19.2 Å². The molecule has 0 spiro atoms. The first-order valence-electron chi connectivity index (χ1n) is 7.46. The Morgan fingerprint density at radius 3 is 2.67 bits per heavy atom. The number of hydrazone groups is 1. The third-order valence-corrected chi connectivity index (χ3v) is 4.70. The number of benzene rings is 2. The number of ether oxygens (including phenoxy) is 1. The van der Waals surface area contributed by atoms with Gasteiger partial charge in [-0.3, -0.25) is 4.79 Å². The zero-order chi connectivity index (χ0) is 17.3. The number of hydrogen-bond donors (Lipinski definition) is 0. The topological polar surface area (TPSA) is 41.9 Å². The van der Waals surface area contributed by atoms with Crippen LogP contribution in [0, 0.1) is 0 Å². The van der Waals surface area contributed by atoms with Crippen LogP contribution in [0.3, 0.4) is 0 Å². The molecule has 1 amide bonds. The second-order valence-corrected chi connectivity index (χ2v) is 6.35. The largest absolute Gasteiger partial charge is 0.497 e. The van der Waals surface area contributed by atoms with Gasteiger partial charge in [0.05, 0.1) is 28.9 Å². The maximum absolute atomic E-state index is 12.0. The van der Waals surface area contributed by atoms with Crippen molar-refractivity contribution in [3.8, 4) is 5.75 Å². The predicted molar refractivity (Wildman–Crippen MR) is 95.9 cm³/mol. The Morgan fingerprint density at radius 1 is 1.21 bits per heavy atom. The van der Waals surface area contributed by atoms with Crippen LogP contribution in [0.4, 0.5) is 0 Å². The number of carbonyl (C=O) groups is 1. The number of methoxy groups -OCH3 is 1. The van der Waals surface area contributed by atoms with Gasteiger partial charge in [0.15, 0.2) is 0 Å². The number of carbonyl (C=O) groups excluding carboxylic acids is 1. The molecule has 0 unspecified atom stereocenters. The van der Waals surface area contributed by atoms with E-state index in [-0.39, 0.29) is 11.9 Å². The Bertz CT molecular complexity index is 820. The molecule has 1 heterocycles. The second-order valence-electron chi connectivity index (χ2n) is 5.54. The number of nitrogens with zero attached hydrogens (tertiary/aromatic N) is 2. The quantitative estimate of drug-likeness (QED) is 0.793. The summed E-state index contributed by atoms with van der Waals surface area (Å²) in [6.07, 6.45) is 0.602. The highest BCUT2D eigenvalue weighted by Gasteiger charge is 2.31. The minimum Gasteiger partial charge on any atom is -0.497 e. The molecule has 0 bridgehead atoms. The zero-order valence-electron chi connectivity index (χ0n) is 13.3. The van der Waals surface area contributed by atoms with Gasteiger partial charge in [-0.2, -0.15) is 5.10 Å². The van der Waals surface area contributed by atoms with E-state index >= 15 is 0 Å². The predicted octanol–water partition coefficient (Wildman–Crippen LogP) is 4.70. The fourth-order valence-electron chi connectivity index (χ4n) is 2.76. The van der Waals surface area contributed by atoms with Crippen molar-refractivity contribution >= 4 is 34.8 Å². The summed E-state index contributed by atoms with van der Waals surface area (Å²) in [6, 6.07) is 12.8. The summed E-state index contributed by atoms with van der Waals surface area (Å²) >= 11 is 12.1. The zero-order valence-corrected chi connectivity index (χ0v) is 14.8. The molecule has 0 aromatic heterocycles. The average Bonchev–Trinajstić information content (AvgIpc) is 3.03. The Kier molecular flexibility index (Phi) is 4.78. The molecule has 1 aliphatic heterocycles. The lowest BCUT2D eigenvalue weighted by atomic mass is 9.98. The fourth-order valence-corrected chi connectivity index (χ4v) is 3.06. The van der Waals surface area contributed by atoms with Gasteiger partial charge in [0.2, 0.25) is 5.91 Å². The van der Waals surface area contributed by atoms with Crippen LogP contribution >= 0.6 is 23.2 Å². The van der Waals surface area contributed by atoms with Crippen molar-refractivity contribution in [2.75, 3.05) is 7.11 Å². The molecule has 2 aromatic rings. The number of halogens is 2. The van der Waals surface area contributed by atoms with Gasteiger partial charge in [0.25, 0.3) is 0 Å². The number of amides is 1. The first-order chi connectivity index (χ1) is 11.5. The van der Waals surface area contributed by atoms with Crippen molar-refractivity contribution in [3.05, 3.63) is 63.6 Å². The van der Waals surface area contributed by atoms with Crippen LogP contribution in [0.1, 0.15) is 30.5 Å². The summed E-state index contributed by atoms with van der Waals surface area (Å²) in [7, 11) is 1.62. The Hall–Kier alpha value is -2.04. The first-order valence-corrected chi connectivity index (χ1v) is 8.22. The molecule has 0 saturated carbocycles. The molecule has 0 radical (unpaired) electrons. The van der Waals surface area contributed by atoms with E-state index in [0.29, 0.717) is 16.5 Å². The molecule has 1 atom stereocenters. The van der Waals surface area contributed by atoms with Gasteiger partial charge in [-0.1, -0.05) is 41.4 Å². The van der Waals surface area contributed by atoms with Crippen molar-refractivity contribution in [2.24, 2.45) is 5.10 Å². The minimum absolute atomic E-state index is 0.121. The van der Waals surface area contributed by atoms with E-state index in [9.17, 15) is 4.79 Å². The highest BCUT2D eigenvalue weighted by atomic mass is 35.5. The van der Waals surface area contributed by atoms with E-state index < -0.39 is 0 Å². The van der Waals surface area contributed by atoms with Crippen molar-refractivity contribution < 1.29 is 9.53 Å². The standard InChI is InChI=1S/C18H16Cl2N2O2/c1-11(23)22-18(13-6-7-15(19)16(20)9-13)10-17(21-22)12-4-3-5-14(8-12)24-2/h3-9,18H,10H2,1-2H3/t18-/m0/s1. The third-order valence-electron chi connectivity index (χ3n) is 3.96. The molecule has 3 rings (SSSR count). The SMILES string of the molecule is COc1cccc(C2=NN(C(C)=O)[C@H](c3ccc(Cl)c(Cl)c3)C2)c1. The lowest BCUT2D eigenvalue weighted by Crippen LogP contribution is -2.24. The van der Waals surface area contributed by atoms with Crippen LogP contribution in [0.5, 0.6) is 5.75 Å². The van der Waals surface area contributed by atoms with Crippen molar-refractivity contribution in [3.63, 3.8) is 0 Å². The molecule has 0 N–H and O–H groups in total. The molecule has 0 aliphatic carbocycles. The fraction of sp³-hybridized carbons (Fsp3) is 0.222. The first kappa shape index (κ1) is 16.8. The van der Waals surface area contributed by atoms with E-state index in [1.807, 2.05) is 30.3 Å². The summed E-state index contributed by atoms with van der Waals surface area (Å²) in [5, 5.41) is 6.96. The highest BCUT2D eigenvalue weighted by molar-refractivity contribution is 6.42. The smallest absolute Gasteiger partial charge is 0.240 e. The maximum atomic E-state index is 12.0. The minimum atomic E-state index is -0.196. The second kappa shape index (κ2) is 6.83. The monoisotopic (exact) mass is 362 g/mol. The molecule has 2 aromatic carbocycles. The summed E-state index contributed by atoms with van der Waals surface area (Å²) < 4.78 is 5.26. The summed E-state index contributed by atoms with van der Waals surface area (Å²) in [4.78, 5) is 12.0. The summed E-state index contributed by atoms with van der Waals surface area (Å²) in [5.74, 6) is 0.631. The van der Waals surface area contributed by atoms with E-state index in [2.05, 4.69) is 5.10 Å². The van der Waals surface area contributed by atoms with Crippen LogP contribution < -0.4 is 4.74 Å². The number of rotatable bonds is 3. The molecule has 24 heavy (non-hydrogen) atoms. The van der Waals surface area contributed by atoms with Crippen molar-refractivity contribution in [1.82, 2.24) is 5.01 Å². The van der Waals surface area contributed by atoms with Gasteiger partial charge < -0.3 is 4.74 Å². The maximum Gasteiger partial charge on any atom is 0.240 e. The molecule has 1 aliphatic rings. The van der Waals surface area contributed by atoms with Crippen molar-refractivity contribution in [2.45, 2.75) is 19.4 Å². The van der Waals surface area contributed by atoms with Crippen LogP contribution in [0.25, 0.3) is 0 Å². The summed E-state index contributed by atoms with van der Waals surface area (Å²) in [5.41, 5.74) is 2.67. The van der Waals surface area contributed by atoms with Gasteiger partial charge in [-0.05, 0) is 29.8 Å².